The maximum absolute atomic E-state index is 13.1. The molecule has 2 heterocycles. The zero-order valence-corrected chi connectivity index (χ0v) is 21.1. The van der Waals surface area contributed by atoms with Gasteiger partial charge in [0.25, 0.3) is 0 Å². The molecule has 2 aliphatic heterocycles. The van der Waals surface area contributed by atoms with Gasteiger partial charge in [-0.3, -0.25) is 4.79 Å². The van der Waals surface area contributed by atoms with E-state index in [0.717, 1.165) is 50.1 Å². The molecular weight excluding hydrogens is 448 g/mol. The first-order valence-electron chi connectivity index (χ1n) is 12.4. The smallest absolute Gasteiger partial charge is 0.243 e. The van der Waals surface area contributed by atoms with Crippen LogP contribution in [0.4, 0.5) is 0 Å². The third kappa shape index (κ3) is 5.81. The molecule has 184 valence electrons. The number of likely N-dealkylation sites (tertiary alicyclic amines) is 1. The molecule has 2 saturated heterocycles. The van der Waals surface area contributed by atoms with Crippen molar-refractivity contribution in [3.8, 4) is 5.75 Å². The fourth-order valence-corrected chi connectivity index (χ4v) is 6.54. The number of methoxy groups -OCH3 is 1. The quantitative estimate of drug-likeness (QED) is 0.589. The predicted molar refractivity (Wildman–Crippen MR) is 133 cm³/mol. The number of rotatable bonds is 7. The minimum Gasteiger partial charge on any atom is -0.497 e. The Morgan fingerprint density at radius 3 is 2.12 bits per heavy atom. The Balaban J connectivity index is 1.22. The number of ether oxygens (including phenoxy) is 1. The summed E-state index contributed by atoms with van der Waals surface area (Å²) in [7, 11) is -1.81. The van der Waals surface area contributed by atoms with Crippen LogP contribution in [-0.4, -0.2) is 56.8 Å². The van der Waals surface area contributed by atoms with Crippen molar-refractivity contribution in [2.75, 3.05) is 33.3 Å². The van der Waals surface area contributed by atoms with Gasteiger partial charge < -0.3 is 9.64 Å². The molecule has 0 atom stereocenters. The van der Waals surface area contributed by atoms with E-state index in [1.165, 1.54) is 9.87 Å². The number of carbonyl (C=O) groups excluding carboxylic acids is 1. The molecule has 2 aromatic carbocycles. The monoisotopic (exact) mass is 484 g/mol. The average Bonchev–Trinajstić information content (AvgIpc) is 2.88. The summed E-state index contributed by atoms with van der Waals surface area (Å²) in [6, 6.07) is 15.3. The Kier molecular flexibility index (Phi) is 7.94. The Labute approximate surface area is 204 Å². The summed E-state index contributed by atoms with van der Waals surface area (Å²) in [4.78, 5) is 15.5. The van der Waals surface area contributed by atoms with Crippen LogP contribution in [-0.2, 0) is 21.2 Å². The molecule has 34 heavy (non-hydrogen) atoms. The van der Waals surface area contributed by atoms with Gasteiger partial charge in [-0.05, 0) is 81.2 Å². The molecule has 0 saturated carbocycles. The summed E-state index contributed by atoms with van der Waals surface area (Å²) in [5.74, 6) is 1.67. The SMILES string of the molecule is COc1ccc(CCC2CCN(C(=O)C3CCN(S(=O)(=O)c4ccc(C)cc4)CC3)CC2)cc1. The van der Waals surface area contributed by atoms with Gasteiger partial charge in [0.15, 0.2) is 0 Å². The molecule has 0 aliphatic carbocycles. The van der Waals surface area contributed by atoms with Gasteiger partial charge in [-0.2, -0.15) is 4.31 Å². The van der Waals surface area contributed by atoms with Gasteiger partial charge >= 0.3 is 0 Å². The number of piperidine rings is 2. The lowest BCUT2D eigenvalue weighted by Crippen LogP contribution is -2.46. The number of hydrogen-bond acceptors (Lipinski definition) is 4. The number of carbonyl (C=O) groups is 1. The predicted octanol–water partition coefficient (Wildman–Crippen LogP) is 4.28. The topological polar surface area (TPSA) is 66.9 Å². The van der Waals surface area contributed by atoms with Crippen LogP contribution in [0.3, 0.4) is 0 Å². The fourth-order valence-electron chi connectivity index (χ4n) is 5.07. The van der Waals surface area contributed by atoms with Crippen molar-refractivity contribution in [3.63, 3.8) is 0 Å². The van der Waals surface area contributed by atoms with E-state index < -0.39 is 10.0 Å². The minimum absolute atomic E-state index is 0.0692. The van der Waals surface area contributed by atoms with Gasteiger partial charge in [0.05, 0.1) is 12.0 Å². The van der Waals surface area contributed by atoms with Crippen molar-refractivity contribution in [1.29, 1.82) is 0 Å². The van der Waals surface area contributed by atoms with Crippen molar-refractivity contribution >= 4 is 15.9 Å². The van der Waals surface area contributed by atoms with Gasteiger partial charge in [0.1, 0.15) is 5.75 Å². The highest BCUT2D eigenvalue weighted by molar-refractivity contribution is 7.89. The highest BCUT2D eigenvalue weighted by atomic mass is 32.2. The lowest BCUT2D eigenvalue weighted by molar-refractivity contribution is -0.138. The van der Waals surface area contributed by atoms with E-state index in [1.807, 2.05) is 36.1 Å². The van der Waals surface area contributed by atoms with Crippen LogP contribution in [0, 0.1) is 18.8 Å². The maximum atomic E-state index is 13.1. The highest BCUT2D eigenvalue weighted by Gasteiger charge is 2.34. The van der Waals surface area contributed by atoms with E-state index in [2.05, 4.69) is 12.1 Å². The van der Waals surface area contributed by atoms with Crippen LogP contribution in [0.2, 0.25) is 0 Å². The number of benzene rings is 2. The summed E-state index contributed by atoms with van der Waals surface area (Å²) in [6.45, 7) is 4.38. The van der Waals surface area contributed by atoms with Crippen LogP contribution in [0.15, 0.2) is 53.4 Å². The molecule has 2 aromatic rings. The maximum Gasteiger partial charge on any atom is 0.243 e. The fraction of sp³-hybridized carbons (Fsp3) is 0.519. The molecule has 4 rings (SSSR count). The summed E-state index contributed by atoms with van der Waals surface area (Å²) < 4.78 is 32.6. The van der Waals surface area contributed by atoms with Crippen LogP contribution in [0.1, 0.15) is 43.2 Å². The van der Waals surface area contributed by atoms with Gasteiger partial charge in [-0.15, -0.1) is 0 Å². The molecule has 0 N–H and O–H groups in total. The van der Waals surface area contributed by atoms with Gasteiger partial charge in [-0.25, -0.2) is 8.42 Å². The molecule has 0 spiro atoms. The Hall–Kier alpha value is -2.38. The molecule has 0 radical (unpaired) electrons. The van der Waals surface area contributed by atoms with Crippen LogP contribution >= 0.6 is 0 Å². The first-order valence-corrected chi connectivity index (χ1v) is 13.8. The standard InChI is InChI=1S/C27H36N2O4S/c1-21-3-11-26(12-4-21)34(31,32)29-19-15-24(16-20-29)27(30)28-17-13-23(14-18-28)6-5-22-7-9-25(33-2)10-8-22/h3-4,7-12,23-24H,5-6,13-20H2,1-2H3. The molecule has 0 bridgehead atoms. The average molecular weight is 485 g/mol. The van der Waals surface area contributed by atoms with Crippen molar-refractivity contribution in [2.24, 2.45) is 11.8 Å². The van der Waals surface area contributed by atoms with Crippen molar-refractivity contribution in [2.45, 2.75) is 50.3 Å². The molecule has 0 aromatic heterocycles. The molecule has 2 fully saturated rings. The van der Waals surface area contributed by atoms with Gasteiger partial charge in [-0.1, -0.05) is 29.8 Å². The second kappa shape index (κ2) is 10.9. The van der Waals surface area contributed by atoms with E-state index in [4.69, 9.17) is 4.74 Å². The minimum atomic E-state index is -3.49. The molecule has 0 unspecified atom stereocenters. The van der Waals surface area contributed by atoms with Crippen LogP contribution in [0.25, 0.3) is 0 Å². The van der Waals surface area contributed by atoms with E-state index in [9.17, 15) is 13.2 Å². The lowest BCUT2D eigenvalue weighted by atomic mass is 9.89. The zero-order chi connectivity index (χ0) is 24.1. The second-order valence-corrected chi connectivity index (χ2v) is 11.6. The largest absolute Gasteiger partial charge is 0.497 e. The van der Waals surface area contributed by atoms with Gasteiger partial charge in [0.2, 0.25) is 15.9 Å². The summed E-state index contributed by atoms with van der Waals surface area (Å²) in [5.41, 5.74) is 2.36. The van der Waals surface area contributed by atoms with E-state index in [-0.39, 0.29) is 11.8 Å². The molecule has 1 amide bonds. The first kappa shape index (κ1) is 24.7. The summed E-state index contributed by atoms with van der Waals surface area (Å²) >= 11 is 0. The highest BCUT2D eigenvalue weighted by Crippen LogP contribution is 2.28. The molecule has 6 nitrogen and oxygen atoms in total. The van der Waals surface area contributed by atoms with E-state index >= 15 is 0 Å². The summed E-state index contributed by atoms with van der Waals surface area (Å²) in [6.07, 6.45) is 5.48. The van der Waals surface area contributed by atoms with E-state index in [0.29, 0.717) is 36.7 Å². The van der Waals surface area contributed by atoms with Crippen LogP contribution < -0.4 is 4.74 Å². The van der Waals surface area contributed by atoms with Crippen molar-refractivity contribution in [1.82, 2.24) is 9.21 Å². The number of hydrogen-bond donors (Lipinski definition) is 0. The zero-order valence-electron chi connectivity index (χ0n) is 20.3. The van der Waals surface area contributed by atoms with E-state index in [1.54, 1.807) is 19.2 Å². The Morgan fingerprint density at radius 1 is 0.912 bits per heavy atom. The van der Waals surface area contributed by atoms with Crippen molar-refractivity contribution < 1.29 is 17.9 Å². The summed E-state index contributed by atoms with van der Waals surface area (Å²) in [5, 5.41) is 0. The molecule has 2 aliphatic rings. The molecule has 7 heteroatoms. The van der Waals surface area contributed by atoms with Gasteiger partial charge in [0, 0.05) is 32.1 Å². The third-order valence-electron chi connectivity index (χ3n) is 7.39. The Morgan fingerprint density at radius 2 is 1.53 bits per heavy atom. The second-order valence-electron chi connectivity index (χ2n) is 9.65. The van der Waals surface area contributed by atoms with Crippen molar-refractivity contribution in [3.05, 3.63) is 59.7 Å². The van der Waals surface area contributed by atoms with Crippen LogP contribution in [0.5, 0.6) is 5.75 Å². The molecular formula is C27H36N2O4S. The number of amides is 1. The Bertz CT molecular complexity index is 1050. The lowest BCUT2D eigenvalue weighted by Gasteiger charge is -2.37. The first-order chi connectivity index (χ1) is 16.4. The number of nitrogens with zero attached hydrogens (tertiary/aromatic N) is 2. The third-order valence-corrected chi connectivity index (χ3v) is 9.30. The normalized spacial score (nSPS) is 18.7. The number of aryl methyl sites for hydroxylation is 2. The number of sulfonamides is 1.